The molecule has 1 aliphatic rings. The molecule has 2 aromatic carbocycles. The van der Waals surface area contributed by atoms with Crippen molar-refractivity contribution in [1.82, 2.24) is 10.4 Å². The first-order valence-electron chi connectivity index (χ1n) is 8.07. The van der Waals surface area contributed by atoms with Crippen molar-refractivity contribution in [3.8, 4) is 11.5 Å². The van der Waals surface area contributed by atoms with Gasteiger partial charge in [-0.3, -0.25) is 15.0 Å². The highest BCUT2D eigenvalue weighted by Gasteiger charge is 2.48. The van der Waals surface area contributed by atoms with E-state index in [2.05, 4.69) is 5.43 Å². The first-order chi connectivity index (χ1) is 12.5. The Balaban J connectivity index is 1.75. The smallest absolute Gasteiger partial charge is 0.262 e. The van der Waals surface area contributed by atoms with Gasteiger partial charge in [0.05, 0.1) is 20.6 Å². The van der Waals surface area contributed by atoms with Gasteiger partial charge in [0.1, 0.15) is 11.4 Å². The maximum absolute atomic E-state index is 12.3. The summed E-state index contributed by atoms with van der Waals surface area (Å²) in [5, 5.41) is 0.523. The van der Waals surface area contributed by atoms with Gasteiger partial charge in [-0.25, -0.2) is 5.01 Å². The molecule has 1 aliphatic heterocycles. The van der Waals surface area contributed by atoms with Crippen molar-refractivity contribution in [3.63, 3.8) is 0 Å². The summed E-state index contributed by atoms with van der Waals surface area (Å²) < 4.78 is 10.5. The number of carbonyl (C=O) groups excluding carboxylic acids is 2. The Hall–Kier alpha value is -2.73. The van der Waals surface area contributed by atoms with Crippen LogP contribution in [-0.2, 0) is 16.0 Å². The first-order valence-corrected chi connectivity index (χ1v) is 8.51. The van der Waals surface area contributed by atoms with Crippen molar-refractivity contribution in [2.45, 2.75) is 17.8 Å². The predicted molar refractivity (Wildman–Crippen MR) is 97.1 cm³/mol. The number of nitrogens with one attached hydrogen (secondary N) is 1. The van der Waals surface area contributed by atoms with Crippen LogP contribution in [0.15, 0.2) is 48.5 Å². The van der Waals surface area contributed by atoms with Crippen molar-refractivity contribution >= 4 is 23.4 Å². The lowest BCUT2D eigenvalue weighted by molar-refractivity contribution is -0.156. The van der Waals surface area contributed by atoms with Crippen molar-refractivity contribution in [2.24, 2.45) is 0 Å². The Morgan fingerprint density at radius 1 is 1.12 bits per heavy atom. The molecule has 1 fully saturated rings. The molecule has 0 spiro atoms. The summed E-state index contributed by atoms with van der Waals surface area (Å²) in [5.41, 5.74) is 4.26. The average molecular weight is 375 g/mol. The standard InChI is InChI=1S/C19H19ClN2O4/c1-25-14-9-8-13(11-15(14)26-2)18-17(20)19(24)22(18)21-16(23)10-12-6-4-3-5-7-12/h3-9,11,17-18H,10H2,1-2H3,(H,21,23). The number of nitrogens with zero attached hydrogens (tertiary/aromatic N) is 1. The summed E-state index contributed by atoms with van der Waals surface area (Å²) in [5.74, 6) is 0.489. The highest BCUT2D eigenvalue weighted by molar-refractivity contribution is 6.33. The van der Waals surface area contributed by atoms with Crippen LogP contribution in [0.5, 0.6) is 11.5 Å². The van der Waals surface area contributed by atoms with E-state index in [9.17, 15) is 9.59 Å². The molecular weight excluding hydrogens is 356 g/mol. The summed E-state index contributed by atoms with van der Waals surface area (Å²) in [6.45, 7) is 0. The SMILES string of the molecule is COc1ccc(C2C(Cl)C(=O)N2NC(=O)Cc2ccccc2)cc1OC. The van der Waals surface area contributed by atoms with Gasteiger partial charge in [-0.05, 0) is 23.3 Å². The van der Waals surface area contributed by atoms with Crippen LogP contribution < -0.4 is 14.9 Å². The van der Waals surface area contributed by atoms with Gasteiger partial charge in [0.25, 0.3) is 5.91 Å². The van der Waals surface area contributed by atoms with Crippen molar-refractivity contribution < 1.29 is 19.1 Å². The summed E-state index contributed by atoms with van der Waals surface area (Å²) in [4.78, 5) is 24.4. The molecule has 0 aliphatic carbocycles. The minimum atomic E-state index is -0.745. The number of β-lactam (4-membered cyclic amide) rings is 1. The second-order valence-electron chi connectivity index (χ2n) is 5.87. The molecule has 3 rings (SSSR count). The minimum Gasteiger partial charge on any atom is -0.493 e. The zero-order valence-electron chi connectivity index (χ0n) is 14.4. The highest BCUT2D eigenvalue weighted by atomic mass is 35.5. The fourth-order valence-corrected chi connectivity index (χ4v) is 3.25. The molecule has 2 amide bonds. The van der Waals surface area contributed by atoms with Crippen LogP contribution in [0.25, 0.3) is 0 Å². The normalized spacial score (nSPS) is 18.9. The van der Waals surface area contributed by atoms with Gasteiger partial charge in [0.15, 0.2) is 11.5 Å². The van der Waals surface area contributed by atoms with E-state index in [4.69, 9.17) is 21.1 Å². The number of halogens is 1. The monoisotopic (exact) mass is 374 g/mol. The van der Waals surface area contributed by atoms with Gasteiger partial charge in [-0.2, -0.15) is 0 Å². The molecule has 136 valence electrons. The first kappa shape index (κ1) is 18.1. The van der Waals surface area contributed by atoms with Crippen LogP contribution in [0.1, 0.15) is 17.2 Å². The number of ether oxygens (including phenoxy) is 2. The van der Waals surface area contributed by atoms with Crippen LogP contribution in [0.4, 0.5) is 0 Å². The molecule has 0 saturated carbocycles. The quantitative estimate of drug-likeness (QED) is 0.623. The van der Waals surface area contributed by atoms with Gasteiger partial charge >= 0.3 is 0 Å². The highest BCUT2D eigenvalue weighted by Crippen LogP contribution is 2.40. The fourth-order valence-electron chi connectivity index (χ4n) is 2.89. The molecule has 0 radical (unpaired) electrons. The zero-order valence-corrected chi connectivity index (χ0v) is 15.2. The van der Waals surface area contributed by atoms with E-state index in [1.807, 2.05) is 30.3 Å². The van der Waals surface area contributed by atoms with E-state index >= 15 is 0 Å². The van der Waals surface area contributed by atoms with E-state index in [0.717, 1.165) is 11.1 Å². The molecule has 6 nitrogen and oxygen atoms in total. The Kier molecular flexibility index (Phi) is 5.32. The van der Waals surface area contributed by atoms with E-state index in [1.54, 1.807) is 25.3 Å². The Bertz CT molecular complexity index is 812. The maximum Gasteiger partial charge on any atom is 0.262 e. The van der Waals surface area contributed by atoms with E-state index in [0.29, 0.717) is 11.5 Å². The fraction of sp³-hybridized carbons (Fsp3) is 0.263. The number of carbonyl (C=O) groups is 2. The summed E-state index contributed by atoms with van der Waals surface area (Å²) in [6.07, 6.45) is 0.177. The average Bonchev–Trinajstić information content (AvgIpc) is 2.67. The Morgan fingerprint density at radius 3 is 2.46 bits per heavy atom. The molecule has 0 bridgehead atoms. The molecule has 26 heavy (non-hydrogen) atoms. The minimum absolute atomic E-state index is 0.177. The lowest BCUT2D eigenvalue weighted by Crippen LogP contribution is -2.63. The molecule has 2 atom stereocenters. The third kappa shape index (κ3) is 3.46. The molecule has 7 heteroatoms. The molecule has 2 aromatic rings. The molecular formula is C19H19ClN2O4. The number of amides is 2. The number of benzene rings is 2. The lowest BCUT2D eigenvalue weighted by atomic mass is 9.95. The lowest BCUT2D eigenvalue weighted by Gasteiger charge is -2.44. The third-order valence-corrected chi connectivity index (χ3v) is 4.66. The van der Waals surface area contributed by atoms with Crippen LogP contribution in [0.2, 0.25) is 0 Å². The number of rotatable bonds is 6. The summed E-state index contributed by atoms with van der Waals surface area (Å²) >= 11 is 6.19. The maximum atomic E-state index is 12.3. The van der Waals surface area contributed by atoms with Gasteiger partial charge in [0.2, 0.25) is 5.91 Å². The van der Waals surface area contributed by atoms with Crippen molar-refractivity contribution in [3.05, 3.63) is 59.7 Å². The Morgan fingerprint density at radius 2 is 1.81 bits per heavy atom. The topological polar surface area (TPSA) is 67.9 Å². The van der Waals surface area contributed by atoms with Crippen molar-refractivity contribution in [1.29, 1.82) is 0 Å². The molecule has 0 aromatic heterocycles. The van der Waals surface area contributed by atoms with Gasteiger partial charge in [0, 0.05) is 0 Å². The molecule has 1 heterocycles. The second kappa shape index (κ2) is 7.66. The predicted octanol–water partition coefficient (Wildman–Crippen LogP) is 2.47. The van der Waals surface area contributed by atoms with Gasteiger partial charge < -0.3 is 9.47 Å². The summed E-state index contributed by atoms with van der Waals surface area (Å²) in [7, 11) is 3.08. The third-order valence-electron chi connectivity index (χ3n) is 4.23. The molecule has 1 saturated heterocycles. The van der Waals surface area contributed by atoms with Gasteiger partial charge in [-0.1, -0.05) is 36.4 Å². The Labute approximate surface area is 156 Å². The van der Waals surface area contributed by atoms with E-state index in [1.165, 1.54) is 12.1 Å². The number of hydrogen-bond acceptors (Lipinski definition) is 4. The number of alkyl halides is 1. The number of hydrogen-bond donors (Lipinski definition) is 1. The number of methoxy groups -OCH3 is 2. The molecule has 2 unspecified atom stereocenters. The van der Waals surface area contributed by atoms with Crippen molar-refractivity contribution in [2.75, 3.05) is 14.2 Å². The second-order valence-corrected chi connectivity index (χ2v) is 6.34. The summed E-state index contributed by atoms with van der Waals surface area (Å²) in [6, 6.07) is 14.1. The van der Waals surface area contributed by atoms with Gasteiger partial charge in [-0.15, -0.1) is 11.6 Å². The van der Waals surface area contributed by atoms with E-state index < -0.39 is 11.4 Å². The number of hydrazine groups is 1. The van der Waals surface area contributed by atoms with E-state index in [-0.39, 0.29) is 18.2 Å². The van der Waals surface area contributed by atoms with Crippen LogP contribution >= 0.6 is 11.6 Å². The molecule has 1 N–H and O–H groups in total. The zero-order chi connectivity index (χ0) is 18.7. The van der Waals surface area contributed by atoms with Crippen LogP contribution in [0.3, 0.4) is 0 Å². The van der Waals surface area contributed by atoms with Crippen LogP contribution in [-0.4, -0.2) is 36.4 Å². The largest absolute Gasteiger partial charge is 0.493 e. The van der Waals surface area contributed by atoms with Crippen LogP contribution in [0, 0.1) is 0 Å².